The van der Waals surface area contributed by atoms with Crippen molar-refractivity contribution in [3.05, 3.63) is 23.8 Å². The highest BCUT2D eigenvalue weighted by atomic mass is 16.5. The second-order valence-electron chi connectivity index (χ2n) is 5.68. The van der Waals surface area contributed by atoms with E-state index in [-0.39, 0.29) is 0 Å². The zero-order valence-corrected chi connectivity index (χ0v) is 12.1. The number of nitrogens with two attached hydrogens (primary N) is 1. The van der Waals surface area contributed by atoms with Crippen molar-refractivity contribution in [3.8, 4) is 5.75 Å². The van der Waals surface area contributed by atoms with Crippen molar-refractivity contribution in [1.29, 1.82) is 0 Å². The van der Waals surface area contributed by atoms with Crippen LogP contribution in [0.3, 0.4) is 0 Å². The molecule has 0 saturated heterocycles. The van der Waals surface area contributed by atoms with Crippen molar-refractivity contribution in [1.82, 2.24) is 5.32 Å². The molecule has 1 aromatic rings. The van der Waals surface area contributed by atoms with Crippen LogP contribution in [0, 0.1) is 0 Å². The minimum absolute atomic E-state index is 0.496. The molecule has 1 atom stereocenters. The summed E-state index contributed by atoms with van der Waals surface area (Å²) in [6.45, 7) is 2.26. The van der Waals surface area contributed by atoms with Crippen LogP contribution >= 0.6 is 0 Å². The first-order chi connectivity index (χ1) is 9.19. The van der Waals surface area contributed by atoms with E-state index < -0.39 is 0 Å². The summed E-state index contributed by atoms with van der Waals surface area (Å²) in [5.41, 5.74) is 7.95. The smallest absolute Gasteiger partial charge is 0.141 e. The number of anilines is 1. The summed E-state index contributed by atoms with van der Waals surface area (Å²) in [6.07, 6.45) is 7.83. The number of benzene rings is 1. The van der Waals surface area contributed by atoms with E-state index in [1.165, 1.54) is 37.7 Å². The Bertz CT molecular complexity index is 400. The number of nitrogen functional groups attached to an aromatic ring is 1. The summed E-state index contributed by atoms with van der Waals surface area (Å²) in [5, 5.41) is 3.74. The third-order valence-corrected chi connectivity index (χ3v) is 3.96. The predicted molar refractivity (Wildman–Crippen MR) is 80.6 cm³/mol. The molecule has 0 bridgehead atoms. The highest BCUT2D eigenvalue weighted by Gasteiger charge is 2.15. The maximum absolute atomic E-state index is 5.95. The Balaban J connectivity index is 1.87. The highest BCUT2D eigenvalue weighted by Crippen LogP contribution is 2.23. The third-order valence-electron chi connectivity index (χ3n) is 3.96. The average molecular weight is 262 g/mol. The molecule has 0 heterocycles. The number of rotatable bonds is 5. The summed E-state index contributed by atoms with van der Waals surface area (Å²) in [4.78, 5) is 0. The molecule has 19 heavy (non-hydrogen) atoms. The van der Waals surface area contributed by atoms with E-state index >= 15 is 0 Å². The summed E-state index contributed by atoms with van der Waals surface area (Å²) >= 11 is 0. The second kappa shape index (κ2) is 6.80. The van der Waals surface area contributed by atoms with Gasteiger partial charge < -0.3 is 15.8 Å². The molecule has 0 spiro atoms. The number of ether oxygens (including phenoxy) is 1. The quantitative estimate of drug-likeness (QED) is 0.801. The zero-order valence-electron chi connectivity index (χ0n) is 12.1. The first-order valence-electron chi connectivity index (χ1n) is 7.37. The number of hydrogen-bond donors (Lipinski definition) is 2. The molecule has 3 heteroatoms. The Morgan fingerprint density at radius 2 is 2.05 bits per heavy atom. The molecule has 1 fully saturated rings. The Hall–Kier alpha value is -1.22. The maximum atomic E-state index is 5.95. The van der Waals surface area contributed by atoms with Gasteiger partial charge in [-0.3, -0.25) is 0 Å². The van der Waals surface area contributed by atoms with Crippen LogP contribution in [0.25, 0.3) is 0 Å². The molecule has 0 radical (unpaired) electrons. The lowest BCUT2D eigenvalue weighted by molar-refractivity contribution is 0.343. The second-order valence-corrected chi connectivity index (χ2v) is 5.68. The van der Waals surface area contributed by atoms with E-state index in [9.17, 15) is 0 Å². The van der Waals surface area contributed by atoms with Gasteiger partial charge in [-0.25, -0.2) is 0 Å². The highest BCUT2D eigenvalue weighted by molar-refractivity contribution is 5.54. The third kappa shape index (κ3) is 4.13. The van der Waals surface area contributed by atoms with Crippen LogP contribution in [0.4, 0.5) is 5.69 Å². The molecule has 1 aliphatic carbocycles. The van der Waals surface area contributed by atoms with Gasteiger partial charge in [-0.1, -0.05) is 25.3 Å². The molecular weight excluding hydrogens is 236 g/mol. The van der Waals surface area contributed by atoms with Gasteiger partial charge in [-0.2, -0.15) is 0 Å². The summed E-state index contributed by atoms with van der Waals surface area (Å²) < 4.78 is 5.19. The maximum Gasteiger partial charge on any atom is 0.141 e. The van der Waals surface area contributed by atoms with Crippen molar-refractivity contribution >= 4 is 5.69 Å². The van der Waals surface area contributed by atoms with E-state index in [2.05, 4.69) is 18.3 Å². The van der Waals surface area contributed by atoms with E-state index in [0.717, 1.165) is 17.9 Å². The lowest BCUT2D eigenvalue weighted by atomic mass is 9.94. The van der Waals surface area contributed by atoms with E-state index in [1.807, 2.05) is 12.1 Å². The number of hydrogen-bond acceptors (Lipinski definition) is 3. The molecule has 1 unspecified atom stereocenters. The molecule has 1 saturated carbocycles. The predicted octanol–water partition coefficient (Wildman–Crippen LogP) is 3.13. The molecular formula is C16H26N2O. The fourth-order valence-corrected chi connectivity index (χ4v) is 2.99. The number of methoxy groups -OCH3 is 1. The van der Waals surface area contributed by atoms with Crippen LogP contribution in [0.2, 0.25) is 0 Å². The Morgan fingerprint density at radius 3 is 2.68 bits per heavy atom. The summed E-state index contributed by atoms with van der Waals surface area (Å²) in [7, 11) is 1.65. The van der Waals surface area contributed by atoms with Gasteiger partial charge in [0.2, 0.25) is 0 Å². The van der Waals surface area contributed by atoms with Gasteiger partial charge in [0.05, 0.1) is 12.8 Å². The van der Waals surface area contributed by atoms with E-state index in [1.54, 1.807) is 7.11 Å². The van der Waals surface area contributed by atoms with Gasteiger partial charge in [-0.05, 0) is 43.9 Å². The van der Waals surface area contributed by atoms with Crippen LogP contribution in [-0.4, -0.2) is 19.2 Å². The van der Waals surface area contributed by atoms with Crippen molar-refractivity contribution in [3.63, 3.8) is 0 Å². The molecule has 3 N–H and O–H groups in total. The van der Waals surface area contributed by atoms with Gasteiger partial charge >= 0.3 is 0 Å². The van der Waals surface area contributed by atoms with Crippen molar-refractivity contribution < 1.29 is 4.74 Å². The average Bonchev–Trinajstić information content (AvgIpc) is 2.40. The fourth-order valence-electron chi connectivity index (χ4n) is 2.99. The van der Waals surface area contributed by atoms with Crippen LogP contribution in [0.5, 0.6) is 5.75 Å². The van der Waals surface area contributed by atoms with Crippen LogP contribution in [0.1, 0.15) is 44.6 Å². The van der Waals surface area contributed by atoms with Crippen LogP contribution in [0.15, 0.2) is 18.2 Å². The van der Waals surface area contributed by atoms with Crippen molar-refractivity contribution in [2.24, 2.45) is 0 Å². The molecule has 106 valence electrons. The minimum atomic E-state index is 0.496. The SMILES string of the molecule is COc1ccc(CC(C)NC2CCCCC2)cc1N. The molecule has 0 amide bonds. The van der Waals surface area contributed by atoms with Gasteiger partial charge in [0.15, 0.2) is 0 Å². The van der Waals surface area contributed by atoms with Gasteiger partial charge in [0.1, 0.15) is 5.75 Å². The Morgan fingerprint density at radius 1 is 1.32 bits per heavy atom. The van der Waals surface area contributed by atoms with E-state index in [0.29, 0.717) is 12.1 Å². The lowest BCUT2D eigenvalue weighted by Gasteiger charge is -2.26. The normalized spacial score (nSPS) is 18.2. The first kappa shape index (κ1) is 14.2. The molecule has 1 aromatic carbocycles. The van der Waals surface area contributed by atoms with Crippen LogP contribution < -0.4 is 15.8 Å². The van der Waals surface area contributed by atoms with Gasteiger partial charge in [-0.15, -0.1) is 0 Å². The topological polar surface area (TPSA) is 47.3 Å². The van der Waals surface area contributed by atoms with Crippen LogP contribution in [-0.2, 0) is 6.42 Å². The van der Waals surface area contributed by atoms with Gasteiger partial charge in [0, 0.05) is 12.1 Å². The molecule has 0 aliphatic heterocycles. The zero-order chi connectivity index (χ0) is 13.7. The molecule has 1 aliphatic rings. The minimum Gasteiger partial charge on any atom is -0.495 e. The monoisotopic (exact) mass is 262 g/mol. The van der Waals surface area contributed by atoms with E-state index in [4.69, 9.17) is 10.5 Å². The summed E-state index contributed by atoms with van der Waals surface area (Å²) in [5.74, 6) is 0.761. The fraction of sp³-hybridized carbons (Fsp3) is 0.625. The number of nitrogens with one attached hydrogen (secondary N) is 1. The summed E-state index contributed by atoms with van der Waals surface area (Å²) in [6, 6.07) is 7.29. The largest absolute Gasteiger partial charge is 0.495 e. The molecule has 2 rings (SSSR count). The Kier molecular flexibility index (Phi) is 5.08. The molecule has 3 nitrogen and oxygen atoms in total. The standard InChI is InChI=1S/C16H26N2O/c1-12(18-14-6-4-3-5-7-14)10-13-8-9-16(19-2)15(17)11-13/h8-9,11-12,14,18H,3-7,10,17H2,1-2H3. The van der Waals surface area contributed by atoms with Gasteiger partial charge in [0.25, 0.3) is 0 Å². The van der Waals surface area contributed by atoms with Crippen molar-refractivity contribution in [2.75, 3.05) is 12.8 Å². The van der Waals surface area contributed by atoms with Crippen molar-refractivity contribution in [2.45, 2.75) is 57.5 Å². The lowest BCUT2D eigenvalue weighted by Crippen LogP contribution is -2.38. The molecule has 0 aromatic heterocycles. The Labute approximate surface area is 116 Å². The first-order valence-corrected chi connectivity index (χ1v) is 7.37.